The first-order chi connectivity index (χ1) is 7.66. The van der Waals surface area contributed by atoms with Gasteiger partial charge in [0.25, 0.3) is 11.2 Å². The molecular formula is C9H8N4O3. The lowest BCUT2D eigenvalue weighted by Crippen LogP contribution is -2.23. The van der Waals surface area contributed by atoms with Gasteiger partial charge in [-0.1, -0.05) is 0 Å². The number of H-pyrrole nitrogens is 1. The average Bonchev–Trinajstić information content (AvgIpc) is 2.65. The standard InChI is InChI=1S/C9H8N4O3/c14-9-5-6-10-12(9)11-7-1-3-8(4-2-7)13(15)16/h1-6,10-11H. The van der Waals surface area contributed by atoms with Crippen LogP contribution in [0.3, 0.4) is 0 Å². The summed E-state index contributed by atoms with van der Waals surface area (Å²) in [4.78, 5) is 22.3. The number of nitrogens with one attached hydrogen (secondary N) is 2. The Morgan fingerprint density at radius 1 is 1.25 bits per heavy atom. The Morgan fingerprint density at radius 2 is 1.94 bits per heavy atom. The third kappa shape index (κ3) is 1.92. The molecule has 16 heavy (non-hydrogen) atoms. The van der Waals surface area contributed by atoms with Gasteiger partial charge in [-0.25, -0.2) is 0 Å². The number of hydrogen-bond acceptors (Lipinski definition) is 4. The molecule has 0 amide bonds. The van der Waals surface area contributed by atoms with Crippen molar-refractivity contribution in [3.63, 3.8) is 0 Å². The Bertz CT molecular complexity index is 555. The molecule has 2 N–H and O–H groups in total. The monoisotopic (exact) mass is 220 g/mol. The molecule has 0 aliphatic carbocycles. The lowest BCUT2D eigenvalue weighted by atomic mass is 10.3. The maximum absolute atomic E-state index is 11.2. The summed E-state index contributed by atoms with van der Waals surface area (Å²) in [6.45, 7) is 0. The molecule has 7 nitrogen and oxygen atoms in total. The minimum absolute atomic E-state index is 0.00406. The Kier molecular flexibility index (Phi) is 2.42. The minimum Gasteiger partial charge on any atom is -0.284 e. The van der Waals surface area contributed by atoms with Gasteiger partial charge >= 0.3 is 0 Å². The fourth-order valence-corrected chi connectivity index (χ4v) is 1.20. The molecule has 0 saturated heterocycles. The van der Waals surface area contributed by atoms with Crippen LogP contribution in [0.4, 0.5) is 11.4 Å². The van der Waals surface area contributed by atoms with E-state index in [0.717, 1.165) is 0 Å². The van der Waals surface area contributed by atoms with Crippen LogP contribution in [0.1, 0.15) is 0 Å². The summed E-state index contributed by atoms with van der Waals surface area (Å²) in [5.74, 6) is 0. The number of non-ortho nitro benzene ring substituents is 1. The quantitative estimate of drug-likeness (QED) is 0.595. The molecule has 0 radical (unpaired) electrons. The van der Waals surface area contributed by atoms with Crippen molar-refractivity contribution in [3.05, 3.63) is 57.0 Å². The summed E-state index contributed by atoms with van der Waals surface area (Å²) in [6.07, 6.45) is 1.49. The molecule has 0 spiro atoms. The molecule has 0 saturated carbocycles. The Morgan fingerprint density at radius 3 is 2.44 bits per heavy atom. The minimum atomic E-state index is -0.482. The molecule has 82 valence electrons. The van der Waals surface area contributed by atoms with E-state index in [2.05, 4.69) is 10.5 Å². The van der Waals surface area contributed by atoms with Crippen LogP contribution < -0.4 is 11.0 Å². The lowest BCUT2D eigenvalue weighted by Gasteiger charge is -2.04. The van der Waals surface area contributed by atoms with E-state index in [1.165, 1.54) is 41.3 Å². The highest BCUT2D eigenvalue weighted by Crippen LogP contribution is 2.14. The number of benzene rings is 1. The zero-order valence-corrected chi connectivity index (χ0v) is 8.08. The van der Waals surface area contributed by atoms with E-state index in [1.807, 2.05) is 0 Å². The average molecular weight is 220 g/mol. The maximum Gasteiger partial charge on any atom is 0.285 e. The van der Waals surface area contributed by atoms with Crippen molar-refractivity contribution >= 4 is 11.4 Å². The summed E-state index contributed by atoms with van der Waals surface area (Å²) in [5.41, 5.74) is 3.09. The fraction of sp³-hybridized carbons (Fsp3) is 0. The maximum atomic E-state index is 11.2. The van der Waals surface area contributed by atoms with Gasteiger partial charge in [0.2, 0.25) is 0 Å². The van der Waals surface area contributed by atoms with E-state index < -0.39 is 4.92 Å². The highest BCUT2D eigenvalue weighted by atomic mass is 16.6. The normalized spacial score (nSPS) is 10.0. The molecule has 1 aromatic heterocycles. The first kappa shape index (κ1) is 9.97. The van der Waals surface area contributed by atoms with Crippen molar-refractivity contribution in [2.45, 2.75) is 0 Å². The van der Waals surface area contributed by atoms with Gasteiger partial charge in [0, 0.05) is 24.4 Å². The summed E-state index contributed by atoms with van der Waals surface area (Å²) in [5, 5.41) is 13.1. The van der Waals surface area contributed by atoms with Gasteiger partial charge in [-0.05, 0) is 12.1 Å². The van der Waals surface area contributed by atoms with Crippen LogP contribution in [0.5, 0.6) is 0 Å². The Labute approximate surface area is 89.4 Å². The third-order valence-corrected chi connectivity index (χ3v) is 1.97. The van der Waals surface area contributed by atoms with Gasteiger partial charge in [0.15, 0.2) is 0 Å². The number of hydrogen-bond donors (Lipinski definition) is 2. The first-order valence-corrected chi connectivity index (χ1v) is 4.45. The van der Waals surface area contributed by atoms with Gasteiger partial charge in [-0.3, -0.25) is 25.4 Å². The van der Waals surface area contributed by atoms with Crippen molar-refractivity contribution in [1.29, 1.82) is 0 Å². The molecule has 7 heteroatoms. The fourth-order valence-electron chi connectivity index (χ4n) is 1.20. The molecule has 0 fully saturated rings. The zero-order valence-electron chi connectivity index (χ0n) is 8.08. The van der Waals surface area contributed by atoms with Crippen molar-refractivity contribution in [2.75, 3.05) is 5.43 Å². The first-order valence-electron chi connectivity index (χ1n) is 4.45. The summed E-state index contributed by atoms with van der Waals surface area (Å²) in [7, 11) is 0. The predicted molar refractivity (Wildman–Crippen MR) is 57.2 cm³/mol. The third-order valence-electron chi connectivity index (χ3n) is 1.97. The molecule has 0 aliphatic rings. The number of nitrogens with zero attached hydrogens (tertiary/aromatic N) is 2. The van der Waals surface area contributed by atoms with Crippen LogP contribution >= 0.6 is 0 Å². The Hall–Kier alpha value is -2.57. The van der Waals surface area contributed by atoms with Crippen LogP contribution in [-0.2, 0) is 0 Å². The molecule has 0 atom stereocenters. The molecule has 2 rings (SSSR count). The predicted octanol–water partition coefficient (Wildman–Crippen LogP) is 0.960. The van der Waals surface area contributed by atoms with E-state index in [0.29, 0.717) is 5.69 Å². The van der Waals surface area contributed by atoms with Gasteiger partial charge in [-0.15, -0.1) is 0 Å². The zero-order chi connectivity index (χ0) is 11.5. The van der Waals surface area contributed by atoms with E-state index in [-0.39, 0.29) is 11.2 Å². The van der Waals surface area contributed by atoms with Gasteiger partial charge in [0.05, 0.1) is 10.6 Å². The van der Waals surface area contributed by atoms with Gasteiger partial charge in [-0.2, -0.15) is 4.79 Å². The number of nitro benzene ring substituents is 1. The van der Waals surface area contributed by atoms with Crippen molar-refractivity contribution in [3.8, 4) is 0 Å². The second-order valence-corrected chi connectivity index (χ2v) is 3.05. The van der Waals surface area contributed by atoms with E-state index in [9.17, 15) is 14.9 Å². The number of nitro groups is 1. The number of aromatic amines is 1. The smallest absolute Gasteiger partial charge is 0.284 e. The molecule has 1 heterocycles. The van der Waals surface area contributed by atoms with E-state index in [1.54, 1.807) is 0 Å². The van der Waals surface area contributed by atoms with E-state index >= 15 is 0 Å². The van der Waals surface area contributed by atoms with Gasteiger partial charge < -0.3 is 0 Å². The van der Waals surface area contributed by atoms with Crippen LogP contribution in [0.25, 0.3) is 0 Å². The lowest BCUT2D eigenvalue weighted by molar-refractivity contribution is -0.384. The summed E-state index contributed by atoms with van der Waals surface area (Å²) < 4.78 is 0. The highest BCUT2D eigenvalue weighted by Gasteiger charge is 2.04. The summed E-state index contributed by atoms with van der Waals surface area (Å²) >= 11 is 0. The SMILES string of the molecule is O=c1cc[nH]n1Nc1ccc([N+](=O)[O-])cc1. The molecule has 2 aromatic rings. The Balaban J connectivity index is 2.20. The van der Waals surface area contributed by atoms with Crippen LogP contribution in [-0.4, -0.2) is 14.8 Å². The topological polar surface area (TPSA) is 93.0 Å². The molecule has 1 aromatic carbocycles. The van der Waals surface area contributed by atoms with E-state index in [4.69, 9.17) is 0 Å². The van der Waals surface area contributed by atoms with Crippen LogP contribution in [0.15, 0.2) is 41.3 Å². The number of aromatic nitrogens is 2. The number of anilines is 1. The van der Waals surface area contributed by atoms with Crippen LogP contribution in [0.2, 0.25) is 0 Å². The molecular weight excluding hydrogens is 212 g/mol. The number of rotatable bonds is 3. The highest BCUT2D eigenvalue weighted by molar-refractivity contribution is 5.47. The van der Waals surface area contributed by atoms with Crippen molar-refractivity contribution < 1.29 is 4.92 Å². The van der Waals surface area contributed by atoms with Crippen LogP contribution in [0, 0.1) is 10.1 Å². The molecule has 0 aliphatic heterocycles. The van der Waals surface area contributed by atoms with Crippen molar-refractivity contribution in [1.82, 2.24) is 9.89 Å². The van der Waals surface area contributed by atoms with Gasteiger partial charge in [0.1, 0.15) is 0 Å². The molecule has 0 bridgehead atoms. The molecule has 0 unspecified atom stereocenters. The largest absolute Gasteiger partial charge is 0.285 e. The second kappa shape index (κ2) is 3.89. The second-order valence-electron chi connectivity index (χ2n) is 3.05. The summed E-state index contributed by atoms with van der Waals surface area (Å²) in [6, 6.07) is 7.11. The van der Waals surface area contributed by atoms with Crippen molar-refractivity contribution in [2.24, 2.45) is 0 Å².